The standard InChI is InChI=1S/C14H21N/c1-4-5-10-14(2,3)11-9-13-8-6-7-12-15-13/h4,6-8,12H,1,5,9-11H2,2-3H3. The summed E-state index contributed by atoms with van der Waals surface area (Å²) < 4.78 is 0. The molecule has 0 saturated heterocycles. The number of pyridine rings is 1. The van der Waals surface area contributed by atoms with Crippen LogP contribution in [0.3, 0.4) is 0 Å². The second-order valence-electron chi connectivity index (χ2n) is 4.81. The van der Waals surface area contributed by atoms with Gasteiger partial charge in [0, 0.05) is 11.9 Å². The first kappa shape index (κ1) is 12.0. The monoisotopic (exact) mass is 203 g/mol. The Hall–Kier alpha value is -1.11. The van der Waals surface area contributed by atoms with Crippen LogP contribution in [-0.4, -0.2) is 4.98 Å². The van der Waals surface area contributed by atoms with Gasteiger partial charge in [-0.1, -0.05) is 26.0 Å². The van der Waals surface area contributed by atoms with Gasteiger partial charge in [0.25, 0.3) is 0 Å². The fraction of sp³-hybridized carbons (Fsp3) is 0.500. The third-order valence-corrected chi connectivity index (χ3v) is 2.81. The molecule has 1 aromatic rings. The van der Waals surface area contributed by atoms with Crippen LogP contribution in [0.2, 0.25) is 0 Å². The van der Waals surface area contributed by atoms with Gasteiger partial charge < -0.3 is 0 Å². The highest BCUT2D eigenvalue weighted by molar-refractivity contribution is 5.03. The van der Waals surface area contributed by atoms with E-state index in [-0.39, 0.29) is 0 Å². The summed E-state index contributed by atoms with van der Waals surface area (Å²) in [4.78, 5) is 4.34. The van der Waals surface area contributed by atoms with Crippen molar-refractivity contribution >= 4 is 0 Å². The van der Waals surface area contributed by atoms with Crippen molar-refractivity contribution < 1.29 is 0 Å². The van der Waals surface area contributed by atoms with Crippen molar-refractivity contribution in [1.29, 1.82) is 0 Å². The van der Waals surface area contributed by atoms with Crippen LogP contribution < -0.4 is 0 Å². The van der Waals surface area contributed by atoms with E-state index in [2.05, 4.69) is 37.5 Å². The van der Waals surface area contributed by atoms with E-state index in [0.29, 0.717) is 5.41 Å². The molecule has 1 heteroatoms. The molecule has 1 aromatic heterocycles. The molecular weight excluding hydrogens is 182 g/mol. The Morgan fingerprint density at radius 2 is 2.13 bits per heavy atom. The molecule has 0 spiro atoms. The Kier molecular flexibility index (Phi) is 4.54. The SMILES string of the molecule is C=CCCC(C)(C)CCc1ccccn1. The smallest absolute Gasteiger partial charge is 0.0403 e. The van der Waals surface area contributed by atoms with E-state index < -0.39 is 0 Å². The topological polar surface area (TPSA) is 12.9 Å². The van der Waals surface area contributed by atoms with E-state index in [1.807, 2.05) is 18.3 Å². The first-order valence-corrected chi connectivity index (χ1v) is 5.65. The normalized spacial score (nSPS) is 11.3. The first-order chi connectivity index (χ1) is 7.14. The van der Waals surface area contributed by atoms with Crippen molar-refractivity contribution in [2.45, 2.75) is 39.5 Å². The maximum Gasteiger partial charge on any atom is 0.0403 e. The molecule has 82 valence electrons. The number of nitrogens with zero attached hydrogens (tertiary/aromatic N) is 1. The zero-order valence-corrected chi connectivity index (χ0v) is 9.87. The Labute approximate surface area is 93.2 Å². The minimum atomic E-state index is 0.395. The van der Waals surface area contributed by atoms with Crippen molar-refractivity contribution in [2.75, 3.05) is 0 Å². The highest BCUT2D eigenvalue weighted by atomic mass is 14.7. The average Bonchev–Trinajstić information content (AvgIpc) is 2.25. The molecule has 0 saturated carbocycles. The molecule has 0 aliphatic heterocycles. The first-order valence-electron chi connectivity index (χ1n) is 5.65. The van der Waals surface area contributed by atoms with Crippen molar-refractivity contribution in [3.8, 4) is 0 Å². The lowest BCUT2D eigenvalue weighted by Crippen LogP contribution is -2.12. The summed E-state index contributed by atoms with van der Waals surface area (Å²) in [6.45, 7) is 8.41. The maximum atomic E-state index is 4.34. The number of allylic oxidation sites excluding steroid dienone is 1. The minimum Gasteiger partial charge on any atom is -0.261 e. The van der Waals surface area contributed by atoms with Gasteiger partial charge in [0.1, 0.15) is 0 Å². The number of aryl methyl sites for hydroxylation is 1. The van der Waals surface area contributed by atoms with Crippen molar-refractivity contribution in [2.24, 2.45) is 5.41 Å². The van der Waals surface area contributed by atoms with Gasteiger partial charge in [-0.25, -0.2) is 0 Å². The summed E-state index contributed by atoms with van der Waals surface area (Å²) in [7, 11) is 0. The number of rotatable bonds is 6. The summed E-state index contributed by atoms with van der Waals surface area (Å²) in [5.74, 6) is 0. The highest BCUT2D eigenvalue weighted by Crippen LogP contribution is 2.28. The van der Waals surface area contributed by atoms with Gasteiger partial charge >= 0.3 is 0 Å². The molecular formula is C14H21N. The molecule has 0 N–H and O–H groups in total. The molecule has 15 heavy (non-hydrogen) atoms. The fourth-order valence-corrected chi connectivity index (χ4v) is 1.63. The molecule has 1 rings (SSSR count). The number of aromatic nitrogens is 1. The van der Waals surface area contributed by atoms with Crippen LogP contribution in [0, 0.1) is 5.41 Å². The lowest BCUT2D eigenvalue weighted by Gasteiger charge is -2.23. The van der Waals surface area contributed by atoms with Gasteiger partial charge in [0.2, 0.25) is 0 Å². The fourth-order valence-electron chi connectivity index (χ4n) is 1.63. The van der Waals surface area contributed by atoms with E-state index in [1.54, 1.807) is 0 Å². The molecule has 0 unspecified atom stereocenters. The van der Waals surface area contributed by atoms with E-state index in [4.69, 9.17) is 0 Å². The van der Waals surface area contributed by atoms with E-state index in [1.165, 1.54) is 18.5 Å². The van der Waals surface area contributed by atoms with Crippen molar-refractivity contribution in [3.05, 3.63) is 42.7 Å². The van der Waals surface area contributed by atoms with Crippen molar-refractivity contribution in [1.82, 2.24) is 4.98 Å². The lowest BCUT2D eigenvalue weighted by molar-refractivity contribution is 0.309. The van der Waals surface area contributed by atoms with Crippen LogP contribution in [0.4, 0.5) is 0 Å². The van der Waals surface area contributed by atoms with E-state index in [0.717, 1.165) is 12.8 Å². The number of hydrogen-bond donors (Lipinski definition) is 0. The zero-order valence-electron chi connectivity index (χ0n) is 9.87. The quantitative estimate of drug-likeness (QED) is 0.637. The molecule has 0 aliphatic rings. The average molecular weight is 203 g/mol. The van der Waals surface area contributed by atoms with E-state index in [9.17, 15) is 0 Å². The zero-order chi connectivity index (χ0) is 11.1. The Morgan fingerprint density at radius 1 is 1.33 bits per heavy atom. The second kappa shape index (κ2) is 5.69. The van der Waals surface area contributed by atoms with E-state index >= 15 is 0 Å². The van der Waals surface area contributed by atoms with Crippen LogP contribution in [0.1, 0.15) is 38.8 Å². The summed E-state index contributed by atoms with van der Waals surface area (Å²) in [6, 6.07) is 6.12. The lowest BCUT2D eigenvalue weighted by atomic mass is 9.83. The third-order valence-electron chi connectivity index (χ3n) is 2.81. The molecule has 0 amide bonds. The van der Waals surface area contributed by atoms with Gasteiger partial charge in [-0.05, 0) is 43.2 Å². The largest absolute Gasteiger partial charge is 0.261 e. The molecule has 0 fully saturated rings. The van der Waals surface area contributed by atoms with Crippen LogP contribution in [-0.2, 0) is 6.42 Å². The molecule has 0 bridgehead atoms. The summed E-state index contributed by atoms with van der Waals surface area (Å²) in [5, 5.41) is 0. The summed E-state index contributed by atoms with van der Waals surface area (Å²) in [5.41, 5.74) is 1.59. The molecule has 0 radical (unpaired) electrons. The molecule has 0 aliphatic carbocycles. The molecule has 0 atom stereocenters. The summed E-state index contributed by atoms with van der Waals surface area (Å²) >= 11 is 0. The van der Waals surface area contributed by atoms with Crippen LogP contribution in [0.5, 0.6) is 0 Å². The summed E-state index contributed by atoms with van der Waals surface area (Å²) in [6.07, 6.45) is 8.45. The predicted octanol–water partition coefficient (Wildman–Crippen LogP) is 4.01. The molecule has 1 nitrogen and oxygen atoms in total. The maximum absolute atomic E-state index is 4.34. The van der Waals surface area contributed by atoms with Crippen molar-refractivity contribution in [3.63, 3.8) is 0 Å². The van der Waals surface area contributed by atoms with Gasteiger partial charge in [-0.2, -0.15) is 0 Å². The van der Waals surface area contributed by atoms with Crippen LogP contribution in [0.15, 0.2) is 37.1 Å². The Morgan fingerprint density at radius 3 is 2.73 bits per heavy atom. The predicted molar refractivity (Wildman–Crippen MR) is 65.8 cm³/mol. The number of hydrogen-bond acceptors (Lipinski definition) is 1. The van der Waals surface area contributed by atoms with Gasteiger partial charge in [0.15, 0.2) is 0 Å². The third kappa shape index (κ3) is 4.78. The molecule has 0 aromatic carbocycles. The Balaban J connectivity index is 2.39. The van der Waals surface area contributed by atoms with Crippen LogP contribution >= 0.6 is 0 Å². The van der Waals surface area contributed by atoms with Crippen LogP contribution in [0.25, 0.3) is 0 Å². The molecule has 1 heterocycles. The highest BCUT2D eigenvalue weighted by Gasteiger charge is 2.16. The van der Waals surface area contributed by atoms with Gasteiger partial charge in [0.05, 0.1) is 0 Å². The minimum absolute atomic E-state index is 0.395. The van der Waals surface area contributed by atoms with Gasteiger partial charge in [-0.15, -0.1) is 6.58 Å². The second-order valence-corrected chi connectivity index (χ2v) is 4.81. The van der Waals surface area contributed by atoms with Gasteiger partial charge in [-0.3, -0.25) is 4.98 Å². The Bertz CT molecular complexity index is 287.